The van der Waals surface area contributed by atoms with Gasteiger partial charge in [0.15, 0.2) is 5.82 Å². The van der Waals surface area contributed by atoms with Crippen molar-refractivity contribution >= 4 is 17.6 Å². The molecule has 11 nitrogen and oxygen atoms in total. The normalized spacial score (nSPS) is 20.1. The highest BCUT2D eigenvalue weighted by atomic mass is 19.4. The van der Waals surface area contributed by atoms with Crippen LogP contribution < -0.4 is 11.2 Å². The first-order chi connectivity index (χ1) is 25.0. The number of carbonyl (C=O) groups is 1. The zero-order valence-corrected chi connectivity index (χ0v) is 31.8. The van der Waals surface area contributed by atoms with Gasteiger partial charge < -0.3 is 9.09 Å². The lowest BCUT2D eigenvalue weighted by atomic mass is 9.84. The van der Waals surface area contributed by atoms with Gasteiger partial charge in [0.05, 0.1) is 17.6 Å². The zero-order chi connectivity index (χ0) is 39.0. The van der Waals surface area contributed by atoms with Gasteiger partial charge in [0, 0.05) is 54.0 Å². The number of aliphatic imine (C=N–C) groups is 1. The number of carbonyl (C=O) groups excluding carboxylic acids is 1. The minimum Gasteiger partial charge on any atom is -0.337 e. The number of aryl methyl sites for hydroxylation is 2. The van der Waals surface area contributed by atoms with Gasteiger partial charge in [-0.25, -0.2) is 9.78 Å². The summed E-state index contributed by atoms with van der Waals surface area (Å²) in [6.07, 6.45) is 10.3. The lowest BCUT2D eigenvalue weighted by molar-refractivity contribution is -0.126. The van der Waals surface area contributed by atoms with E-state index in [1.807, 2.05) is 33.8 Å². The maximum absolute atomic E-state index is 13.4. The van der Waals surface area contributed by atoms with Crippen LogP contribution in [0.1, 0.15) is 107 Å². The largest absolute Gasteiger partial charge is 0.433 e. The summed E-state index contributed by atoms with van der Waals surface area (Å²) in [7, 11) is 1.66. The number of nitrogens with zero attached hydrogens (tertiary/aromatic N) is 7. The van der Waals surface area contributed by atoms with E-state index in [1.165, 1.54) is 17.0 Å². The second-order valence-corrected chi connectivity index (χ2v) is 14.3. The van der Waals surface area contributed by atoms with Crippen LogP contribution in [0.5, 0.6) is 0 Å². The maximum Gasteiger partial charge on any atom is 0.433 e. The van der Waals surface area contributed by atoms with Crippen LogP contribution in [0.4, 0.5) is 13.2 Å². The quantitative estimate of drug-likeness (QED) is 0.149. The van der Waals surface area contributed by atoms with Crippen LogP contribution >= 0.6 is 0 Å². The molecule has 53 heavy (non-hydrogen) atoms. The molecule has 4 rings (SSSR count). The number of halogens is 3. The topological polar surface area (TPSA) is 138 Å². The molecule has 3 aromatic rings. The number of hydrogen-bond acceptors (Lipinski definition) is 9. The highest BCUT2D eigenvalue weighted by Crippen LogP contribution is 2.30. The zero-order valence-electron chi connectivity index (χ0n) is 31.8. The van der Waals surface area contributed by atoms with Crippen LogP contribution in [0.3, 0.4) is 0 Å². The van der Waals surface area contributed by atoms with E-state index in [1.54, 1.807) is 27.1 Å². The van der Waals surface area contributed by atoms with Crippen molar-refractivity contribution in [3.63, 3.8) is 0 Å². The molecule has 0 N–H and O–H groups in total. The lowest BCUT2D eigenvalue weighted by Crippen LogP contribution is -2.42. The summed E-state index contributed by atoms with van der Waals surface area (Å²) in [6, 6.07) is 0. The maximum atomic E-state index is 13.4. The second-order valence-electron chi connectivity index (χ2n) is 14.3. The van der Waals surface area contributed by atoms with Crippen molar-refractivity contribution in [2.45, 2.75) is 106 Å². The number of aromatic nitrogens is 6. The van der Waals surface area contributed by atoms with Crippen molar-refractivity contribution < 1.29 is 22.5 Å². The van der Waals surface area contributed by atoms with Crippen LogP contribution in [-0.2, 0) is 24.8 Å². The molecule has 0 aromatic carbocycles. The first kappa shape index (κ1) is 41.0. The van der Waals surface area contributed by atoms with Gasteiger partial charge >= 0.3 is 11.9 Å². The summed E-state index contributed by atoms with van der Waals surface area (Å²) in [4.78, 5) is 56.5. The first-order valence-corrected chi connectivity index (χ1v) is 18.1. The van der Waals surface area contributed by atoms with Crippen molar-refractivity contribution in [1.82, 2.24) is 29.2 Å². The molecular formula is C39H50F3N7O4. The molecule has 0 fully saturated rings. The predicted molar refractivity (Wildman–Crippen MR) is 197 cm³/mol. The molecule has 3 aromatic heterocycles. The molecule has 5 atom stereocenters. The Labute approximate surface area is 307 Å². The predicted octanol–water partition coefficient (Wildman–Crippen LogP) is 7.27. The fraction of sp³-hybridized carbons (Fsp3) is 0.538. The lowest BCUT2D eigenvalue weighted by Gasteiger charge is -2.20. The van der Waals surface area contributed by atoms with Gasteiger partial charge in [0.1, 0.15) is 18.0 Å². The molecule has 1 aliphatic heterocycles. The van der Waals surface area contributed by atoms with Gasteiger partial charge in [-0.3, -0.25) is 24.1 Å². The number of ketones is 1. The van der Waals surface area contributed by atoms with Gasteiger partial charge in [-0.15, -0.1) is 0 Å². The number of hydrogen-bond donors (Lipinski definition) is 0. The van der Waals surface area contributed by atoms with E-state index < -0.39 is 17.6 Å². The Balaban J connectivity index is 1.34. The highest BCUT2D eigenvalue weighted by molar-refractivity contribution is 6.09. The summed E-state index contributed by atoms with van der Waals surface area (Å²) in [5.41, 5.74) is 0.961. The minimum absolute atomic E-state index is 0.0971. The van der Waals surface area contributed by atoms with E-state index in [2.05, 4.69) is 44.2 Å². The molecule has 0 spiro atoms. The fourth-order valence-corrected chi connectivity index (χ4v) is 6.76. The van der Waals surface area contributed by atoms with E-state index in [0.29, 0.717) is 59.7 Å². The van der Waals surface area contributed by atoms with Gasteiger partial charge in [0.2, 0.25) is 5.89 Å². The Hall–Kier alpha value is -4.75. The minimum atomic E-state index is -4.53. The average Bonchev–Trinajstić information content (AvgIpc) is 3.52. The summed E-state index contributed by atoms with van der Waals surface area (Å²) >= 11 is 0. The highest BCUT2D eigenvalue weighted by Gasteiger charge is 2.34. The van der Waals surface area contributed by atoms with E-state index in [9.17, 15) is 27.6 Å². The SMILES string of the molecule is CCC(/C=C/CC(C)c1c(C)c(=O)n(Cc2nc(C)no2)c(=O)n1C)C[C@@H](C)C(=O)C(C)CCc1cncc(C2=C/C(C)C/C=C(C(F)(F)F)/N=C\2)n1. The van der Waals surface area contributed by atoms with Crippen LogP contribution in [0, 0.1) is 37.5 Å². The van der Waals surface area contributed by atoms with E-state index >= 15 is 0 Å². The molecule has 286 valence electrons. The van der Waals surface area contributed by atoms with Crippen LogP contribution in [0.25, 0.3) is 5.57 Å². The molecule has 4 heterocycles. The molecule has 14 heteroatoms. The first-order valence-electron chi connectivity index (χ1n) is 18.1. The third-order valence-electron chi connectivity index (χ3n) is 9.80. The Bertz CT molecular complexity index is 1970. The summed E-state index contributed by atoms with van der Waals surface area (Å²) in [6.45, 7) is 13.1. The number of Topliss-reactive ketones (excluding diaryl/α,β-unsaturated/α-hetero) is 1. The Morgan fingerprint density at radius 3 is 2.51 bits per heavy atom. The van der Waals surface area contributed by atoms with E-state index in [4.69, 9.17) is 4.52 Å². The monoisotopic (exact) mass is 737 g/mol. The number of alkyl halides is 3. The summed E-state index contributed by atoms with van der Waals surface area (Å²) in [5.74, 6) is 0.277. The molecule has 0 saturated carbocycles. The van der Waals surface area contributed by atoms with Gasteiger partial charge in [-0.1, -0.05) is 64.1 Å². The number of allylic oxidation sites excluding steroid dienone is 6. The summed E-state index contributed by atoms with van der Waals surface area (Å²) in [5, 5.41) is 3.73. The third kappa shape index (κ3) is 10.7. The van der Waals surface area contributed by atoms with Gasteiger partial charge in [0.25, 0.3) is 5.56 Å². The van der Waals surface area contributed by atoms with Gasteiger partial charge in [-0.05, 0) is 64.2 Å². The van der Waals surface area contributed by atoms with Gasteiger partial charge in [-0.2, -0.15) is 18.2 Å². The molecule has 0 radical (unpaired) electrons. The molecule has 1 aliphatic rings. The summed E-state index contributed by atoms with van der Waals surface area (Å²) < 4.78 is 47.7. The van der Waals surface area contributed by atoms with E-state index in [-0.39, 0.29) is 59.8 Å². The van der Waals surface area contributed by atoms with Crippen LogP contribution in [0.2, 0.25) is 0 Å². The van der Waals surface area contributed by atoms with Crippen molar-refractivity contribution in [2.24, 2.45) is 35.7 Å². The Morgan fingerprint density at radius 1 is 1.11 bits per heavy atom. The standard InChI is InChI=1S/C39H50F3N7O4/c1-9-29(12-10-11-24(3)35-27(6)37(51)49(38(52)48(35)8)22-34-45-28(7)47-53-34)18-26(5)36(50)25(4)14-15-31-20-43-21-32(46-31)30-17-23(2)13-16-33(44-19-30)39(40,41)42/h10,12,16-17,19-21,23-26,29H,9,11,13-15,18,22H2,1-8H3/b12-10+,30-17+,33-16+,44-19-/t23?,24?,25?,26-,29?/m1/s1. The van der Waals surface area contributed by atoms with E-state index in [0.717, 1.165) is 17.1 Å². The average molecular weight is 738 g/mol. The molecular weight excluding hydrogens is 687 g/mol. The molecule has 0 amide bonds. The fourth-order valence-electron chi connectivity index (χ4n) is 6.76. The van der Waals surface area contributed by atoms with Crippen LogP contribution in [-0.4, -0.2) is 47.4 Å². The Morgan fingerprint density at radius 2 is 1.85 bits per heavy atom. The van der Waals surface area contributed by atoms with Crippen molar-refractivity contribution in [3.8, 4) is 0 Å². The van der Waals surface area contributed by atoms with Crippen molar-refractivity contribution in [1.29, 1.82) is 0 Å². The number of rotatable bonds is 15. The Kier molecular flexibility index (Phi) is 13.8. The molecule has 4 unspecified atom stereocenters. The smallest absolute Gasteiger partial charge is 0.337 e. The van der Waals surface area contributed by atoms with Crippen LogP contribution in [0.15, 0.2) is 61.5 Å². The third-order valence-corrected chi connectivity index (χ3v) is 9.80. The molecule has 0 aliphatic carbocycles. The molecule has 0 saturated heterocycles. The van der Waals surface area contributed by atoms with Crippen molar-refractivity contribution in [3.05, 3.63) is 97.6 Å². The van der Waals surface area contributed by atoms with Crippen molar-refractivity contribution in [2.75, 3.05) is 0 Å². The molecule has 0 bridgehead atoms. The second kappa shape index (κ2) is 17.8.